The first-order valence-corrected chi connectivity index (χ1v) is 19.9. The second-order valence-corrected chi connectivity index (χ2v) is 15.6. The zero-order chi connectivity index (χ0) is 41.2. The number of amides is 5. The van der Waals surface area contributed by atoms with E-state index in [1.54, 1.807) is 44.2 Å². The monoisotopic (exact) mass is 795 g/mol. The Morgan fingerprint density at radius 3 is 2.23 bits per heavy atom. The van der Waals surface area contributed by atoms with E-state index >= 15 is 0 Å². The minimum Gasteiger partial charge on any atom is -0.496 e. The molecule has 1 aliphatic heterocycles. The Morgan fingerprint density at radius 1 is 0.857 bits per heavy atom. The van der Waals surface area contributed by atoms with Gasteiger partial charge in [-0.2, -0.15) is 0 Å². The third-order valence-corrected chi connectivity index (χ3v) is 10.1. The van der Waals surface area contributed by atoms with Crippen molar-refractivity contribution in [3.63, 3.8) is 0 Å². The number of hydrogen-bond donors (Lipinski definition) is 5. The highest BCUT2D eigenvalue weighted by atomic mass is 32.2. The summed E-state index contributed by atoms with van der Waals surface area (Å²) in [5.41, 5.74) is 0.724. The van der Waals surface area contributed by atoms with Crippen molar-refractivity contribution >= 4 is 39.4 Å². The molecule has 17 heteroatoms. The summed E-state index contributed by atoms with van der Waals surface area (Å²) in [5.74, 6) is -2.51. The molecule has 0 radical (unpaired) electrons. The maximum absolute atomic E-state index is 13.7. The lowest BCUT2D eigenvalue weighted by molar-refractivity contribution is -0.135. The molecule has 0 spiro atoms. The van der Waals surface area contributed by atoms with Gasteiger partial charge in [0.25, 0.3) is 11.8 Å². The van der Waals surface area contributed by atoms with E-state index in [1.165, 1.54) is 56.4 Å². The number of nitrogens with one attached hydrogen (secondary N) is 4. The van der Waals surface area contributed by atoms with Crippen molar-refractivity contribution in [1.29, 1.82) is 0 Å². The van der Waals surface area contributed by atoms with Gasteiger partial charge in [0, 0.05) is 30.5 Å². The number of aliphatic hydroxyl groups excluding tert-OH is 1. The number of methoxy groups -OCH3 is 2. The van der Waals surface area contributed by atoms with Gasteiger partial charge >= 0.3 is 0 Å². The first-order valence-electron chi connectivity index (χ1n) is 18.0. The molecule has 5 N–H and O–H groups in total. The predicted molar refractivity (Wildman–Crippen MR) is 205 cm³/mol. The van der Waals surface area contributed by atoms with Crippen LogP contribution in [0.1, 0.15) is 59.9 Å². The van der Waals surface area contributed by atoms with Gasteiger partial charge in [-0.05, 0) is 74.2 Å². The number of aliphatic hydroxyl groups is 1. The normalized spacial score (nSPS) is 18.6. The molecule has 302 valence electrons. The van der Waals surface area contributed by atoms with Gasteiger partial charge in [-0.15, -0.1) is 0 Å². The van der Waals surface area contributed by atoms with Crippen LogP contribution in [0.2, 0.25) is 0 Å². The fourth-order valence-electron chi connectivity index (χ4n) is 5.91. The third kappa shape index (κ3) is 11.2. The highest BCUT2D eigenvalue weighted by Gasteiger charge is 2.32. The minimum absolute atomic E-state index is 0.00968. The number of carbonyl (C=O) groups is 5. The van der Waals surface area contributed by atoms with Crippen molar-refractivity contribution < 1.29 is 51.7 Å². The largest absolute Gasteiger partial charge is 0.496 e. The van der Waals surface area contributed by atoms with Crippen LogP contribution < -0.4 is 35.5 Å². The lowest BCUT2D eigenvalue weighted by atomic mass is 10.0. The molecular weight excluding hydrogens is 747 g/mol. The molecule has 0 saturated carbocycles. The Bertz CT molecular complexity index is 2040. The summed E-state index contributed by atoms with van der Waals surface area (Å²) < 4.78 is 41.8. The number of carbonyl (C=O) groups excluding carboxylic acids is 5. The molecule has 0 saturated heterocycles. The number of fused-ring (bicyclic) bond motifs is 3. The van der Waals surface area contributed by atoms with Crippen molar-refractivity contribution in [3.05, 3.63) is 77.4 Å². The molecule has 56 heavy (non-hydrogen) atoms. The number of ether oxygens (including phenoxy) is 3. The Balaban J connectivity index is 1.70. The van der Waals surface area contributed by atoms with Crippen molar-refractivity contribution in [2.24, 2.45) is 5.92 Å². The number of hydrogen-bond acceptors (Lipinski definition) is 11. The van der Waals surface area contributed by atoms with Crippen LogP contribution in [0.5, 0.6) is 23.0 Å². The Hall–Kier alpha value is -5.68. The lowest BCUT2D eigenvalue weighted by Gasteiger charge is -2.28. The highest BCUT2D eigenvalue weighted by Crippen LogP contribution is 2.37. The Kier molecular flexibility index (Phi) is 14.8. The molecule has 1 aliphatic rings. The average molecular weight is 796 g/mol. The van der Waals surface area contributed by atoms with Crippen molar-refractivity contribution in [2.75, 3.05) is 40.1 Å². The zero-order valence-electron chi connectivity index (χ0n) is 32.2. The summed E-state index contributed by atoms with van der Waals surface area (Å²) in [6.07, 6.45) is 0.288. The number of rotatable bonds is 6. The molecule has 3 atom stereocenters. The van der Waals surface area contributed by atoms with Crippen LogP contribution in [-0.4, -0.2) is 106 Å². The fraction of sp³-hybridized carbons (Fsp3) is 0.410. The summed E-state index contributed by atoms with van der Waals surface area (Å²) in [6.45, 7) is 4.26. The van der Waals surface area contributed by atoms with Gasteiger partial charge in [0.1, 0.15) is 23.6 Å². The van der Waals surface area contributed by atoms with Crippen molar-refractivity contribution in [1.82, 2.24) is 26.2 Å². The van der Waals surface area contributed by atoms with Gasteiger partial charge in [0.2, 0.25) is 17.7 Å². The molecule has 0 aliphatic carbocycles. The van der Waals surface area contributed by atoms with Gasteiger partial charge in [-0.25, -0.2) is 8.42 Å². The summed E-state index contributed by atoms with van der Waals surface area (Å²) in [5, 5.41) is 21.4. The minimum atomic E-state index is -3.66. The van der Waals surface area contributed by atoms with Crippen LogP contribution in [0, 0.1) is 5.92 Å². The molecule has 3 aromatic rings. The van der Waals surface area contributed by atoms with Gasteiger partial charge < -0.3 is 45.5 Å². The van der Waals surface area contributed by atoms with Crippen molar-refractivity contribution in [2.45, 2.75) is 63.2 Å². The molecule has 5 amide bonds. The quantitative estimate of drug-likeness (QED) is 0.244. The lowest BCUT2D eigenvalue weighted by Crippen LogP contribution is -2.59. The van der Waals surface area contributed by atoms with E-state index in [4.69, 9.17) is 14.2 Å². The first-order chi connectivity index (χ1) is 26.5. The smallest absolute Gasteiger partial charge is 0.254 e. The van der Waals surface area contributed by atoms with Crippen LogP contribution in [0.4, 0.5) is 0 Å². The molecule has 0 unspecified atom stereocenters. The van der Waals surface area contributed by atoms with Crippen LogP contribution in [0.3, 0.4) is 0 Å². The van der Waals surface area contributed by atoms with Gasteiger partial charge in [0.15, 0.2) is 21.3 Å². The van der Waals surface area contributed by atoms with Crippen LogP contribution in [0.15, 0.2) is 65.6 Å². The third-order valence-electron chi connectivity index (χ3n) is 8.99. The van der Waals surface area contributed by atoms with E-state index in [-0.39, 0.29) is 41.4 Å². The van der Waals surface area contributed by atoms with Crippen molar-refractivity contribution in [3.8, 4) is 23.0 Å². The van der Waals surface area contributed by atoms with E-state index in [1.807, 2.05) is 0 Å². The fourth-order valence-corrected chi connectivity index (χ4v) is 6.58. The van der Waals surface area contributed by atoms with Crippen LogP contribution in [0.25, 0.3) is 0 Å². The van der Waals surface area contributed by atoms with Gasteiger partial charge in [-0.1, -0.05) is 26.0 Å². The molecule has 4 rings (SSSR count). The molecule has 0 aromatic heterocycles. The molecule has 3 aromatic carbocycles. The number of nitrogens with zero attached hydrogens (tertiary/aromatic N) is 1. The van der Waals surface area contributed by atoms with Gasteiger partial charge in [-0.3, -0.25) is 24.0 Å². The molecule has 1 heterocycles. The summed E-state index contributed by atoms with van der Waals surface area (Å²) in [4.78, 5) is 68.8. The predicted octanol–water partition coefficient (Wildman–Crippen LogP) is 2.19. The first kappa shape index (κ1) is 43.1. The summed E-state index contributed by atoms with van der Waals surface area (Å²) in [7, 11) is -0.747. The van der Waals surface area contributed by atoms with Crippen LogP contribution in [-0.2, 0) is 30.8 Å². The van der Waals surface area contributed by atoms with E-state index in [9.17, 15) is 37.5 Å². The number of sulfone groups is 1. The number of benzene rings is 3. The second kappa shape index (κ2) is 19.3. The maximum Gasteiger partial charge on any atom is 0.254 e. The standard InChI is InChI=1S/C39H49N5O11S/c1-23(2)34-37(48)41-21-28-29(53-4)13-10-14-30(28)55-32-20-25(15-16-31(32)54-5)36(47)40-17-7-8-18-44(22-33(46)42-35(24(3)45)38(49)43-34)39(50)26-11-9-12-27(19-26)56(6,51)52/h9-16,19-20,23-24,34-35,45H,7-8,17-18,21-22H2,1-6H3,(H,40,47)(H,41,48)(H,42,46)(H,43,49)/t24-,34-,35+/m1/s1. The molecule has 2 bridgehead atoms. The van der Waals surface area contributed by atoms with E-state index in [2.05, 4.69) is 21.3 Å². The van der Waals surface area contributed by atoms with Gasteiger partial charge in [0.05, 0.1) is 43.9 Å². The highest BCUT2D eigenvalue weighted by molar-refractivity contribution is 7.90. The van der Waals surface area contributed by atoms with E-state index in [0.717, 1.165) is 6.26 Å². The van der Waals surface area contributed by atoms with Crippen LogP contribution >= 0.6 is 0 Å². The van der Waals surface area contributed by atoms with E-state index < -0.39 is 70.0 Å². The molecular formula is C39H49N5O11S. The second-order valence-electron chi connectivity index (χ2n) is 13.6. The average Bonchev–Trinajstić information content (AvgIpc) is 3.16. The molecule has 16 nitrogen and oxygen atoms in total. The topological polar surface area (TPSA) is 219 Å². The Labute approximate surface area is 326 Å². The summed E-state index contributed by atoms with van der Waals surface area (Å²) >= 11 is 0. The maximum atomic E-state index is 13.7. The SMILES string of the molecule is COc1ccc2cc1Oc1cccc(OC)c1CNC(=O)[C@@H](C(C)C)NC(=O)[C@H]([C@@H](C)O)NC(=O)CN(C(=O)c1cccc(S(C)(=O)=O)c1)CCCCNC2=O. The zero-order valence-corrected chi connectivity index (χ0v) is 33.0. The van der Waals surface area contributed by atoms with E-state index in [0.29, 0.717) is 35.7 Å². The molecule has 0 fully saturated rings. The summed E-state index contributed by atoms with van der Waals surface area (Å²) in [6, 6.07) is 12.5. The Morgan fingerprint density at radius 2 is 1.57 bits per heavy atom.